The molecule has 3 heterocycles. The Morgan fingerprint density at radius 3 is 2.59 bits per heavy atom. The third kappa shape index (κ3) is 5.18. The molecule has 0 bridgehead atoms. The molecular weight excluding hydrogens is 490 g/mol. The van der Waals surface area contributed by atoms with E-state index in [2.05, 4.69) is 32.9 Å². The molecule has 4 aromatic rings. The third-order valence-electron chi connectivity index (χ3n) is 7.60. The van der Waals surface area contributed by atoms with E-state index in [-0.39, 0.29) is 11.9 Å². The number of nitrogen functional groups attached to an aromatic ring is 2. The minimum atomic E-state index is -0.0213. The summed E-state index contributed by atoms with van der Waals surface area (Å²) in [5.74, 6) is 1.89. The van der Waals surface area contributed by atoms with Crippen LogP contribution in [0.15, 0.2) is 60.7 Å². The van der Waals surface area contributed by atoms with Crippen molar-refractivity contribution in [3.8, 4) is 5.75 Å². The average molecular weight is 524 g/mol. The van der Waals surface area contributed by atoms with E-state index in [0.29, 0.717) is 30.8 Å². The van der Waals surface area contributed by atoms with Crippen molar-refractivity contribution in [1.82, 2.24) is 19.8 Å². The smallest absolute Gasteiger partial charge is 0.254 e. The predicted molar refractivity (Wildman–Crippen MR) is 154 cm³/mol. The number of hydrogen-bond acceptors (Lipinski definition) is 8. The molecule has 0 spiro atoms. The molecule has 0 radical (unpaired) electrons. The second-order valence-corrected chi connectivity index (χ2v) is 10.3. The lowest BCUT2D eigenvalue weighted by Crippen LogP contribution is -2.45. The van der Waals surface area contributed by atoms with Crippen molar-refractivity contribution in [2.75, 3.05) is 56.1 Å². The summed E-state index contributed by atoms with van der Waals surface area (Å²) in [6.07, 6.45) is 0.727. The fourth-order valence-electron chi connectivity index (χ4n) is 5.43. The predicted octanol–water partition coefficient (Wildman–Crippen LogP) is 3.32. The van der Waals surface area contributed by atoms with Gasteiger partial charge in [0, 0.05) is 61.5 Å². The average Bonchev–Trinajstić information content (AvgIpc) is 2.95. The molecule has 200 valence electrons. The molecule has 6 rings (SSSR count). The quantitative estimate of drug-likeness (QED) is 0.383. The minimum Gasteiger partial charge on any atom is -0.489 e. The molecule has 2 aliphatic heterocycles. The molecule has 4 N–H and O–H groups in total. The van der Waals surface area contributed by atoms with Gasteiger partial charge in [0.05, 0.1) is 5.52 Å². The van der Waals surface area contributed by atoms with Gasteiger partial charge in [0.15, 0.2) is 0 Å². The largest absolute Gasteiger partial charge is 0.489 e. The van der Waals surface area contributed by atoms with Crippen LogP contribution in [0.3, 0.4) is 0 Å². The number of hydrogen-bond donors (Lipinski definition) is 2. The summed E-state index contributed by atoms with van der Waals surface area (Å²) in [7, 11) is 2.12. The summed E-state index contributed by atoms with van der Waals surface area (Å²) >= 11 is 0. The Bertz CT molecular complexity index is 1530. The van der Waals surface area contributed by atoms with E-state index in [1.54, 1.807) is 0 Å². The van der Waals surface area contributed by atoms with Crippen LogP contribution in [-0.2, 0) is 19.6 Å². The fourth-order valence-corrected chi connectivity index (χ4v) is 5.43. The topological polar surface area (TPSA) is 114 Å². The van der Waals surface area contributed by atoms with Crippen LogP contribution in [0.5, 0.6) is 5.75 Å². The number of anilines is 3. The maximum atomic E-state index is 13.6. The summed E-state index contributed by atoms with van der Waals surface area (Å²) < 4.78 is 6.16. The first-order valence-electron chi connectivity index (χ1n) is 13.3. The Hall–Kier alpha value is -4.37. The molecule has 0 aliphatic carbocycles. The number of fused-ring (bicyclic) bond motifs is 2. The van der Waals surface area contributed by atoms with Crippen molar-refractivity contribution in [3.05, 3.63) is 82.9 Å². The number of piperazine rings is 1. The summed E-state index contributed by atoms with van der Waals surface area (Å²) in [4.78, 5) is 29.0. The van der Waals surface area contributed by atoms with Gasteiger partial charge in [0.1, 0.15) is 18.2 Å². The van der Waals surface area contributed by atoms with Gasteiger partial charge in [0.2, 0.25) is 5.95 Å². The molecule has 1 saturated heterocycles. The van der Waals surface area contributed by atoms with Crippen LogP contribution < -0.4 is 21.1 Å². The van der Waals surface area contributed by atoms with Crippen molar-refractivity contribution in [1.29, 1.82) is 0 Å². The van der Waals surface area contributed by atoms with Crippen molar-refractivity contribution >= 4 is 34.3 Å². The van der Waals surface area contributed by atoms with Crippen molar-refractivity contribution in [2.45, 2.75) is 19.6 Å². The van der Waals surface area contributed by atoms with E-state index in [0.717, 1.165) is 71.9 Å². The van der Waals surface area contributed by atoms with Crippen molar-refractivity contribution in [2.24, 2.45) is 0 Å². The number of ether oxygens (including phenoxy) is 1. The Morgan fingerprint density at radius 2 is 1.77 bits per heavy atom. The Kier molecular flexibility index (Phi) is 6.66. The summed E-state index contributed by atoms with van der Waals surface area (Å²) in [5.41, 5.74) is 17.3. The number of amides is 1. The maximum Gasteiger partial charge on any atom is 0.254 e. The number of nitrogens with zero attached hydrogens (tertiary/aromatic N) is 5. The zero-order chi connectivity index (χ0) is 26.9. The van der Waals surface area contributed by atoms with Gasteiger partial charge in [-0.25, -0.2) is 4.98 Å². The molecule has 9 heteroatoms. The van der Waals surface area contributed by atoms with Gasteiger partial charge in [-0.3, -0.25) is 4.79 Å². The zero-order valence-electron chi connectivity index (χ0n) is 22.1. The van der Waals surface area contributed by atoms with Crippen LogP contribution in [0.4, 0.5) is 17.5 Å². The number of aromatic nitrogens is 2. The van der Waals surface area contributed by atoms with Gasteiger partial charge in [-0.1, -0.05) is 24.3 Å². The second kappa shape index (κ2) is 10.4. The number of benzene rings is 3. The van der Waals surface area contributed by atoms with Crippen LogP contribution >= 0.6 is 0 Å². The molecule has 39 heavy (non-hydrogen) atoms. The molecule has 0 atom stereocenters. The van der Waals surface area contributed by atoms with E-state index in [9.17, 15) is 4.79 Å². The van der Waals surface area contributed by atoms with E-state index in [1.165, 1.54) is 0 Å². The first-order valence-corrected chi connectivity index (χ1v) is 13.3. The highest BCUT2D eigenvalue weighted by Crippen LogP contribution is 2.31. The Morgan fingerprint density at radius 1 is 0.949 bits per heavy atom. The van der Waals surface area contributed by atoms with Crippen molar-refractivity contribution < 1.29 is 9.53 Å². The number of likely N-dealkylation sites (N-methyl/N-ethyl adjacent to an activating group) is 1. The van der Waals surface area contributed by atoms with Crippen LogP contribution in [0.2, 0.25) is 0 Å². The lowest BCUT2D eigenvalue weighted by Gasteiger charge is -2.33. The lowest BCUT2D eigenvalue weighted by atomic mass is 9.98. The van der Waals surface area contributed by atoms with Gasteiger partial charge in [-0.2, -0.15) is 4.98 Å². The number of carbonyl (C=O) groups excluding carboxylic acids is 1. The van der Waals surface area contributed by atoms with E-state index in [1.807, 2.05) is 59.5 Å². The number of nitrogens with two attached hydrogens (primary N) is 2. The van der Waals surface area contributed by atoms with Crippen LogP contribution in [0.25, 0.3) is 10.9 Å². The Balaban J connectivity index is 1.20. The number of carbonyl (C=O) groups is 1. The SMILES string of the molecule is CN1CCN(c2nc(N)nc3cc(C(=O)N4CCc5c(cccc5OCc5cccc(N)c5)C4)ccc23)CC1. The highest BCUT2D eigenvalue weighted by Gasteiger charge is 2.25. The van der Waals surface area contributed by atoms with Crippen LogP contribution in [-0.4, -0.2) is 65.4 Å². The van der Waals surface area contributed by atoms with Crippen LogP contribution in [0.1, 0.15) is 27.0 Å². The molecule has 1 amide bonds. The summed E-state index contributed by atoms with van der Waals surface area (Å²) in [6, 6.07) is 19.4. The summed E-state index contributed by atoms with van der Waals surface area (Å²) in [6.45, 7) is 5.27. The minimum absolute atomic E-state index is 0.0213. The molecule has 3 aromatic carbocycles. The lowest BCUT2D eigenvalue weighted by molar-refractivity contribution is 0.0733. The molecule has 1 aromatic heterocycles. The standard InChI is InChI=1S/C30H33N7O2/c1-35-12-14-36(15-13-35)28-25-9-8-21(17-26(25)33-30(32)34-28)29(38)37-11-10-24-22(18-37)5-3-7-27(24)39-19-20-4-2-6-23(31)16-20/h2-9,16-17H,10-15,18-19,31H2,1H3,(H2,32,33,34). The monoisotopic (exact) mass is 523 g/mol. The molecule has 2 aliphatic rings. The van der Waals surface area contributed by atoms with E-state index in [4.69, 9.17) is 16.2 Å². The molecule has 0 unspecified atom stereocenters. The normalized spacial score (nSPS) is 15.8. The van der Waals surface area contributed by atoms with E-state index < -0.39 is 0 Å². The van der Waals surface area contributed by atoms with Gasteiger partial charge < -0.3 is 30.9 Å². The zero-order valence-corrected chi connectivity index (χ0v) is 22.1. The van der Waals surface area contributed by atoms with Crippen LogP contribution in [0, 0.1) is 0 Å². The first kappa shape index (κ1) is 24.9. The van der Waals surface area contributed by atoms with E-state index >= 15 is 0 Å². The van der Waals surface area contributed by atoms with Crippen molar-refractivity contribution in [3.63, 3.8) is 0 Å². The van der Waals surface area contributed by atoms with Gasteiger partial charge in [0.25, 0.3) is 5.91 Å². The Labute approximate surface area is 228 Å². The third-order valence-corrected chi connectivity index (χ3v) is 7.60. The first-order chi connectivity index (χ1) is 18.9. The highest BCUT2D eigenvalue weighted by atomic mass is 16.5. The molecular formula is C30H33N7O2. The summed E-state index contributed by atoms with van der Waals surface area (Å²) in [5, 5.41) is 0.913. The van der Waals surface area contributed by atoms with Gasteiger partial charge >= 0.3 is 0 Å². The number of rotatable bonds is 5. The molecule has 1 fully saturated rings. The van der Waals surface area contributed by atoms with Gasteiger partial charge in [-0.05, 0) is 61.0 Å². The molecule has 0 saturated carbocycles. The van der Waals surface area contributed by atoms with Gasteiger partial charge in [-0.15, -0.1) is 0 Å². The second-order valence-electron chi connectivity index (χ2n) is 10.3. The maximum absolute atomic E-state index is 13.6. The highest BCUT2D eigenvalue weighted by molar-refractivity contribution is 6.00. The molecule has 9 nitrogen and oxygen atoms in total. The fraction of sp³-hybridized carbons (Fsp3) is 0.300.